The first-order valence-corrected chi connectivity index (χ1v) is 15.4. The molecule has 4 heterocycles. The maximum Gasteiger partial charge on any atom is 0.310 e. The van der Waals surface area contributed by atoms with Gasteiger partial charge < -0.3 is 19.4 Å². The van der Waals surface area contributed by atoms with Crippen LogP contribution >= 0.6 is 0 Å². The molecule has 2 aromatic heterocycles. The summed E-state index contributed by atoms with van der Waals surface area (Å²) in [5, 5.41) is 0. The van der Waals surface area contributed by atoms with Gasteiger partial charge >= 0.3 is 5.97 Å². The number of ether oxygens (including phenoxy) is 1. The number of carbonyl (C=O) groups is 2. The summed E-state index contributed by atoms with van der Waals surface area (Å²) in [6, 6.07) is 13.2. The molecule has 0 saturated carbocycles. The first-order chi connectivity index (χ1) is 20.8. The van der Waals surface area contributed by atoms with Gasteiger partial charge in [0.25, 0.3) is 5.91 Å². The van der Waals surface area contributed by atoms with Crippen molar-refractivity contribution >= 4 is 23.5 Å². The van der Waals surface area contributed by atoms with Crippen molar-refractivity contribution < 1.29 is 18.7 Å². The SMILES string of the molecule is COC(=O)Cc1ccc(N2CCN(C(=O)c3ccc4c(n3)N(CC(C)C)CC4(C)Cc3ccc(C)c(F)c3)C(C)(C)C2)nc1. The third-order valence-electron chi connectivity index (χ3n) is 8.86. The highest BCUT2D eigenvalue weighted by Gasteiger charge is 2.42. The topological polar surface area (TPSA) is 78.9 Å². The molecule has 5 rings (SSSR count). The molecule has 2 aliphatic rings. The second kappa shape index (κ2) is 12.2. The monoisotopic (exact) mass is 601 g/mol. The molecular formula is C35H44FN5O3. The number of carbonyl (C=O) groups excluding carboxylic acids is 2. The zero-order valence-corrected chi connectivity index (χ0v) is 27.0. The Bertz CT molecular complexity index is 1540. The number of nitrogens with zero attached hydrogens (tertiary/aromatic N) is 5. The Morgan fingerprint density at radius 1 is 1.02 bits per heavy atom. The molecule has 1 atom stereocenters. The predicted molar refractivity (Wildman–Crippen MR) is 171 cm³/mol. The maximum atomic E-state index is 14.4. The van der Waals surface area contributed by atoms with Crippen LogP contribution in [0.25, 0.3) is 0 Å². The lowest BCUT2D eigenvalue weighted by molar-refractivity contribution is -0.139. The van der Waals surface area contributed by atoms with Gasteiger partial charge in [0, 0.05) is 49.9 Å². The molecule has 3 aromatic rings. The molecule has 1 unspecified atom stereocenters. The van der Waals surface area contributed by atoms with E-state index in [-0.39, 0.29) is 29.5 Å². The highest BCUT2D eigenvalue weighted by Crippen LogP contribution is 2.42. The fraction of sp³-hybridized carbons (Fsp3) is 0.486. The Kier molecular flexibility index (Phi) is 8.69. The van der Waals surface area contributed by atoms with Crippen LogP contribution in [0.15, 0.2) is 48.7 Å². The first kappa shape index (κ1) is 31.4. The van der Waals surface area contributed by atoms with Crippen LogP contribution in [0.1, 0.15) is 67.4 Å². The Labute approximate surface area is 260 Å². The van der Waals surface area contributed by atoms with Crippen LogP contribution in [0.3, 0.4) is 0 Å². The third kappa shape index (κ3) is 6.42. The summed E-state index contributed by atoms with van der Waals surface area (Å²) in [7, 11) is 1.37. The summed E-state index contributed by atoms with van der Waals surface area (Å²) in [4.78, 5) is 41.6. The number of amides is 1. The van der Waals surface area contributed by atoms with Crippen molar-refractivity contribution in [1.29, 1.82) is 0 Å². The molecule has 0 radical (unpaired) electrons. The molecular weight excluding hydrogens is 557 g/mol. The van der Waals surface area contributed by atoms with Gasteiger partial charge in [-0.3, -0.25) is 9.59 Å². The minimum absolute atomic E-state index is 0.0856. The van der Waals surface area contributed by atoms with Gasteiger partial charge in [-0.1, -0.05) is 45.0 Å². The fourth-order valence-corrected chi connectivity index (χ4v) is 6.61. The third-order valence-corrected chi connectivity index (χ3v) is 8.86. The molecule has 2 aliphatic heterocycles. The number of benzene rings is 1. The Morgan fingerprint density at radius 3 is 2.41 bits per heavy atom. The zero-order chi connectivity index (χ0) is 31.8. The molecule has 8 nitrogen and oxygen atoms in total. The van der Waals surface area contributed by atoms with E-state index in [0.29, 0.717) is 43.2 Å². The Balaban J connectivity index is 1.35. The number of piperazine rings is 1. The number of rotatable bonds is 8. The Hall–Kier alpha value is -4.01. The Morgan fingerprint density at radius 2 is 1.77 bits per heavy atom. The van der Waals surface area contributed by atoms with Crippen molar-refractivity contribution in [3.63, 3.8) is 0 Å². The second-order valence-corrected chi connectivity index (χ2v) is 13.6. The fourth-order valence-electron chi connectivity index (χ4n) is 6.61. The first-order valence-electron chi connectivity index (χ1n) is 15.4. The van der Waals surface area contributed by atoms with Crippen molar-refractivity contribution in [1.82, 2.24) is 14.9 Å². The van der Waals surface area contributed by atoms with Crippen LogP contribution in [0, 0.1) is 18.7 Å². The largest absolute Gasteiger partial charge is 0.469 e. The molecule has 234 valence electrons. The minimum Gasteiger partial charge on any atom is -0.469 e. The molecule has 1 aromatic carbocycles. The van der Waals surface area contributed by atoms with Crippen LogP contribution in [-0.2, 0) is 27.8 Å². The van der Waals surface area contributed by atoms with E-state index >= 15 is 0 Å². The zero-order valence-electron chi connectivity index (χ0n) is 27.0. The van der Waals surface area contributed by atoms with E-state index in [1.165, 1.54) is 7.11 Å². The second-order valence-electron chi connectivity index (χ2n) is 13.6. The van der Waals surface area contributed by atoms with E-state index in [9.17, 15) is 14.0 Å². The van der Waals surface area contributed by atoms with Crippen LogP contribution in [-0.4, -0.2) is 72.1 Å². The van der Waals surface area contributed by atoms with Crippen molar-refractivity contribution in [3.05, 3.63) is 82.4 Å². The highest BCUT2D eigenvalue weighted by atomic mass is 19.1. The van der Waals surface area contributed by atoms with Gasteiger partial charge in [0.2, 0.25) is 0 Å². The van der Waals surface area contributed by atoms with Crippen molar-refractivity contribution in [3.8, 4) is 0 Å². The van der Waals surface area contributed by atoms with Crippen LogP contribution in [0.5, 0.6) is 0 Å². The number of hydrogen-bond acceptors (Lipinski definition) is 7. The van der Waals surface area contributed by atoms with Crippen LogP contribution in [0.2, 0.25) is 0 Å². The summed E-state index contributed by atoms with van der Waals surface area (Å²) >= 11 is 0. The van der Waals surface area contributed by atoms with Gasteiger partial charge in [-0.25, -0.2) is 14.4 Å². The summed E-state index contributed by atoms with van der Waals surface area (Å²) in [5.74, 6) is 1.51. The summed E-state index contributed by atoms with van der Waals surface area (Å²) in [6.07, 6.45) is 2.58. The van der Waals surface area contributed by atoms with Gasteiger partial charge in [-0.15, -0.1) is 0 Å². The average molecular weight is 602 g/mol. The lowest BCUT2D eigenvalue weighted by Crippen LogP contribution is -2.61. The molecule has 1 saturated heterocycles. The molecule has 0 spiro atoms. The molecule has 1 amide bonds. The molecule has 9 heteroatoms. The van der Waals surface area contributed by atoms with E-state index in [1.807, 2.05) is 35.2 Å². The van der Waals surface area contributed by atoms with E-state index in [1.54, 1.807) is 19.2 Å². The van der Waals surface area contributed by atoms with Crippen molar-refractivity contribution in [2.24, 2.45) is 5.92 Å². The molecule has 0 N–H and O–H groups in total. The number of anilines is 2. The summed E-state index contributed by atoms with van der Waals surface area (Å²) in [6.45, 7) is 15.9. The number of methoxy groups -OCH3 is 1. The lowest BCUT2D eigenvalue weighted by atomic mass is 9.79. The van der Waals surface area contributed by atoms with E-state index in [2.05, 4.69) is 55.5 Å². The summed E-state index contributed by atoms with van der Waals surface area (Å²) < 4.78 is 19.2. The van der Waals surface area contributed by atoms with E-state index in [0.717, 1.165) is 41.4 Å². The smallest absolute Gasteiger partial charge is 0.310 e. The number of fused-ring (bicyclic) bond motifs is 1. The number of pyridine rings is 2. The average Bonchev–Trinajstić information content (AvgIpc) is 3.24. The van der Waals surface area contributed by atoms with Crippen molar-refractivity contribution in [2.45, 2.75) is 65.3 Å². The van der Waals surface area contributed by atoms with Crippen LogP contribution < -0.4 is 9.80 Å². The van der Waals surface area contributed by atoms with E-state index < -0.39 is 5.54 Å². The quantitative estimate of drug-likeness (QED) is 0.322. The molecule has 0 bridgehead atoms. The standard InChI is InChI=1S/C35H44FN5O3/c1-23(2)20-40-22-35(6,18-25-9-8-24(3)28(36)16-25)27-11-12-29(38-32(27)40)33(43)41-15-14-39(21-34(41,4)5)30-13-10-26(19-37-30)17-31(42)44-7/h8-13,16,19,23H,14-15,17-18,20-22H2,1-7H3. The number of aromatic nitrogens is 2. The minimum atomic E-state index is -0.468. The van der Waals surface area contributed by atoms with Gasteiger partial charge in [0.05, 0.1) is 19.1 Å². The number of aryl methyl sites for hydroxylation is 1. The number of hydrogen-bond donors (Lipinski definition) is 0. The van der Waals surface area contributed by atoms with Crippen LogP contribution in [0.4, 0.5) is 16.0 Å². The van der Waals surface area contributed by atoms with E-state index in [4.69, 9.17) is 9.72 Å². The van der Waals surface area contributed by atoms with Gasteiger partial charge in [0.15, 0.2) is 0 Å². The van der Waals surface area contributed by atoms with Gasteiger partial charge in [0.1, 0.15) is 23.1 Å². The van der Waals surface area contributed by atoms with Crippen molar-refractivity contribution in [2.75, 3.05) is 49.6 Å². The lowest BCUT2D eigenvalue weighted by Gasteiger charge is -2.47. The van der Waals surface area contributed by atoms with Gasteiger partial charge in [-0.2, -0.15) is 0 Å². The van der Waals surface area contributed by atoms with Gasteiger partial charge in [-0.05, 0) is 68.0 Å². The molecule has 0 aliphatic carbocycles. The normalized spacial score (nSPS) is 19.3. The molecule has 44 heavy (non-hydrogen) atoms. The highest BCUT2D eigenvalue weighted by molar-refractivity contribution is 5.94. The predicted octanol–water partition coefficient (Wildman–Crippen LogP) is 5.36. The maximum absolute atomic E-state index is 14.4. The molecule has 1 fully saturated rings. The number of esters is 1. The number of halogens is 1. The summed E-state index contributed by atoms with van der Waals surface area (Å²) in [5.41, 5.74) is 3.21.